The first kappa shape index (κ1) is 14.8. The normalized spacial score (nSPS) is 15.6. The number of hydrogen-bond donors (Lipinski definition) is 1. The smallest absolute Gasteiger partial charge is 0.154 e. The summed E-state index contributed by atoms with van der Waals surface area (Å²) in [7, 11) is -3.19. The minimum atomic E-state index is -3.19. The fourth-order valence-electron chi connectivity index (χ4n) is 1.51. The van der Waals surface area contributed by atoms with Gasteiger partial charge in [-0.15, -0.1) is 0 Å². The third kappa shape index (κ3) is 3.35. The van der Waals surface area contributed by atoms with Gasteiger partial charge in [-0.2, -0.15) is 0 Å². The maximum atomic E-state index is 11.7. The molecule has 2 atom stereocenters. The van der Waals surface area contributed by atoms with Crippen LogP contribution in [0, 0.1) is 0 Å². The molecular weight excluding hydrogens is 281 g/mol. The van der Waals surface area contributed by atoms with E-state index in [1.807, 2.05) is 0 Å². The van der Waals surface area contributed by atoms with Gasteiger partial charge in [0.1, 0.15) is 0 Å². The molecule has 0 radical (unpaired) electrons. The summed E-state index contributed by atoms with van der Waals surface area (Å²) in [5.41, 5.74) is 6.54. The molecule has 6 heteroatoms. The molecule has 0 spiro atoms. The second kappa shape index (κ2) is 5.57. The van der Waals surface area contributed by atoms with E-state index in [0.29, 0.717) is 15.6 Å². The number of benzene rings is 1. The summed E-state index contributed by atoms with van der Waals surface area (Å²) < 4.78 is 23.5. The van der Waals surface area contributed by atoms with Crippen LogP contribution in [0.3, 0.4) is 0 Å². The Hall–Kier alpha value is -0.290. The van der Waals surface area contributed by atoms with Crippen LogP contribution in [0.25, 0.3) is 0 Å². The molecule has 1 aromatic carbocycles. The number of nitrogens with two attached hydrogens (primary N) is 1. The molecule has 0 saturated heterocycles. The topological polar surface area (TPSA) is 60.2 Å². The van der Waals surface area contributed by atoms with Crippen molar-refractivity contribution < 1.29 is 8.42 Å². The minimum absolute atomic E-state index is 0.0626. The van der Waals surface area contributed by atoms with Crippen molar-refractivity contribution in [1.29, 1.82) is 0 Å². The van der Waals surface area contributed by atoms with E-state index >= 15 is 0 Å². The molecular formula is C11H15Cl2NO2S. The van der Waals surface area contributed by atoms with Gasteiger partial charge in [-0.05, 0) is 24.6 Å². The fraction of sp³-hybridized carbons (Fsp3) is 0.455. The van der Waals surface area contributed by atoms with Crippen LogP contribution in [-0.2, 0) is 9.84 Å². The number of rotatable bonds is 4. The predicted molar refractivity (Wildman–Crippen MR) is 72.3 cm³/mol. The third-order valence-electron chi connectivity index (χ3n) is 2.80. The minimum Gasteiger partial charge on any atom is -0.323 e. The average Bonchev–Trinajstić information content (AvgIpc) is 2.27. The first-order valence-corrected chi connectivity index (χ1v) is 7.68. The van der Waals surface area contributed by atoms with Crippen molar-refractivity contribution in [2.24, 2.45) is 5.73 Å². The second-order valence-electron chi connectivity index (χ2n) is 3.85. The summed E-state index contributed by atoms with van der Waals surface area (Å²) in [6.07, 6.45) is 0. The Morgan fingerprint density at radius 3 is 2.41 bits per heavy atom. The Bertz CT molecular complexity index is 502. The molecule has 2 N–H and O–H groups in total. The standard InChI is InChI=1S/C11H15Cl2NO2S/c1-3-17(15,16)7(2)11(14)9-5-4-8(12)6-10(9)13/h4-7,11H,3,14H2,1-2H3. The molecule has 0 amide bonds. The van der Waals surface area contributed by atoms with Crippen molar-refractivity contribution in [3.8, 4) is 0 Å². The van der Waals surface area contributed by atoms with Crippen LogP contribution in [0.1, 0.15) is 25.5 Å². The molecule has 3 nitrogen and oxygen atoms in total. The highest BCUT2D eigenvalue weighted by Gasteiger charge is 2.27. The molecule has 1 aromatic rings. The number of sulfone groups is 1. The number of halogens is 2. The van der Waals surface area contributed by atoms with E-state index in [4.69, 9.17) is 28.9 Å². The lowest BCUT2D eigenvalue weighted by Crippen LogP contribution is -2.32. The summed E-state index contributed by atoms with van der Waals surface area (Å²) >= 11 is 11.8. The van der Waals surface area contributed by atoms with E-state index < -0.39 is 21.1 Å². The molecule has 0 aliphatic rings. The van der Waals surface area contributed by atoms with E-state index in [9.17, 15) is 8.42 Å². The van der Waals surface area contributed by atoms with Crippen LogP contribution < -0.4 is 5.73 Å². The van der Waals surface area contributed by atoms with Crippen molar-refractivity contribution in [2.45, 2.75) is 25.1 Å². The molecule has 1 rings (SSSR count). The Labute approximate surface area is 112 Å². The Balaban J connectivity index is 3.09. The summed E-state index contributed by atoms with van der Waals surface area (Å²) in [4.78, 5) is 0. The van der Waals surface area contributed by atoms with Gasteiger partial charge in [-0.1, -0.05) is 36.2 Å². The maximum Gasteiger partial charge on any atom is 0.154 e. The maximum absolute atomic E-state index is 11.7. The van der Waals surface area contributed by atoms with Crippen molar-refractivity contribution in [3.05, 3.63) is 33.8 Å². The summed E-state index contributed by atoms with van der Waals surface area (Å²) in [5.74, 6) is 0.0626. The molecule has 0 bridgehead atoms. The summed E-state index contributed by atoms with van der Waals surface area (Å²) in [6, 6.07) is 4.22. The molecule has 96 valence electrons. The average molecular weight is 296 g/mol. The lowest BCUT2D eigenvalue weighted by molar-refractivity contribution is 0.566. The third-order valence-corrected chi connectivity index (χ3v) is 5.59. The van der Waals surface area contributed by atoms with Crippen molar-refractivity contribution >= 4 is 33.0 Å². The molecule has 0 heterocycles. The van der Waals surface area contributed by atoms with Gasteiger partial charge in [0.05, 0.1) is 5.25 Å². The Kier molecular flexibility index (Phi) is 4.84. The van der Waals surface area contributed by atoms with Crippen molar-refractivity contribution in [1.82, 2.24) is 0 Å². The zero-order chi connectivity index (χ0) is 13.2. The quantitative estimate of drug-likeness (QED) is 0.929. The van der Waals surface area contributed by atoms with Gasteiger partial charge in [0.15, 0.2) is 9.84 Å². The van der Waals surface area contributed by atoms with Gasteiger partial charge in [-0.25, -0.2) is 8.42 Å². The summed E-state index contributed by atoms with van der Waals surface area (Å²) in [5, 5.41) is 0.214. The molecule has 0 aromatic heterocycles. The largest absolute Gasteiger partial charge is 0.323 e. The van der Waals surface area contributed by atoms with Gasteiger partial charge in [0, 0.05) is 21.8 Å². The zero-order valence-corrected chi connectivity index (χ0v) is 12.0. The highest BCUT2D eigenvalue weighted by atomic mass is 35.5. The lowest BCUT2D eigenvalue weighted by Gasteiger charge is -2.21. The van der Waals surface area contributed by atoms with Crippen LogP contribution in [0.4, 0.5) is 0 Å². The van der Waals surface area contributed by atoms with Crippen LogP contribution in [-0.4, -0.2) is 19.4 Å². The molecule has 0 saturated carbocycles. The van der Waals surface area contributed by atoms with Crippen molar-refractivity contribution in [2.75, 3.05) is 5.75 Å². The summed E-state index contributed by atoms with van der Waals surface area (Å²) in [6.45, 7) is 3.19. The second-order valence-corrected chi connectivity index (χ2v) is 7.34. The lowest BCUT2D eigenvalue weighted by atomic mass is 10.1. The van der Waals surface area contributed by atoms with Gasteiger partial charge in [-0.3, -0.25) is 0 Å². The molecule has 17 heavy (non-hydrogen) atoms. The van der Waals surface area contributed by atoms with Crippen LogP contribution >= 0.6 is 23.2 Å². The van der Waals surface area contributed by atoms with E-state index in [1.165, 1.54) is 0 Å². The Morgan fingerprint density at radius 1 is 1.35 bits per heavy atom. The van der Waals surface area contributed by atoms with Gasteiger partial charge in [0.25, 0.3) is 0 Å². The zero-order valence-electron chi connectivity index (χ0n) is 9.65. The molecule has 2 unspecified atom stereocenters. The van der Waals surface area contributed by atoms with E-state index in [0.717, 1.165) is 0 Å². The highest BCUT2D eigenvalue weighted by molar-refractivity contribution is 7.92. The van der Waals surface area contributed by atoms with Crippen LogP contribution in [0.2, 0.25) is 10.0 Å². The predicted octanol–water partition coefficient (Wildman–Crippen LogP) is 2.82. The first-order valence-electron chi connectivity index (χ1n) is 5.21. The van der Waals surface area contributed by atoms with Gasteiger partial charge >= 0.3 is 0 Å². The highest BCUT2D eigenvalue weighted by Crippen LogP contribution is 2.29. The fourth-order valence-corrected chi connectivity index (χ4v) is 3.16. The SMILES string of the molecule is CCS(=O)(=O)C(C)C(N)c1ccc(Cl)cc1Cl. The first-order chi connectivity index (χ1) is 7.79. The van der Waals surface area contributed by atoms with E-state index in [2.05, 4.69) is 0 Å². The molecule has 0 aliphatic carbocycles. The van der Waals surface area contributed by atoms with E-state index in [1.54, 1.807) is 32.0 Å². The monoisotopic (exact) mass is 295 g/mol. The van der Waals surface area contributed by atoms with Crippen LogP contribution in [0.5, 0.6) is 0 Å². The van der Waals surface area contributed by atoms with Crippen LogP contribution in [0.15, 0.2) is 18.2 Å². The molecule has 0 aliphatic heterocycles. The van der Waals surface area contributed by atoms with E-state index in [-0.39, 0.29) is 5.75 Å². The molecule has 0 fully saturated rings. The number of hydrogen-bond acceptors (Lipinski definition) is 3. The van der Waals surface area contributed by atoms with Crippen molar-refractivity contribution in [3.63, 3.8) is 0 Å². The van der Waals surface area contributed by atoms with Gasteiger partial charge in [0.2, 0.25) is 0 Å². The van der Waals surface area contributed by atoms with Gasteiger partial charge < -0.3 is 5.73 Å². The Morgan fingerprint density at radius 2 is 1.94 bits per heavy atom.